The average molecular weight is 206 g/mol. The minimum absolute atomic E-state index is 0. The first-order chi connectivity index (χ1) is 0. The average Bonchev–Trinajstić information content (AvgIpc) is 0. The Morgan fingerprint density at radius 3 is 1.00 bits per heavy atom. The van der Waals surface area contributed by atoms with Gasteiger partial charge in [0.25, 0.3) is 0 Å². The van der Waals surface area contributed by atoms with E-state index in [0.717, 1.165) is 0 Å². The Bertz CT molecular complexity index is 8.00. The number of hydrogen-bond donors (Lipinski definition) is 0. The van der Waals surface area contributed by atoms with Gasteiger partial charge in [0.2, 0.25) is 0 Å². The van der Waals surface area contributed by atoms with Crippen LogP contribution in [0.15, 0.2) is 0 Å². The molecule has 0 bridgehead atoms. The van der Waals surface area contributed by atoms with Gasteiger partial charge in [0.1, 0.15) is 0 Å². The fourth-order valence-electron chi connectivity index (χ4n) is 0. The maximum atomic E-state index is 0. The zero-order valence-corrected chi connectivity index (χ0v) is 0. The summed E-state index contributed by atoms with van der Waals surface area (Å²) in [5, 5.41) is 0. The van der Waals surface area contributed by atoms with Crippen molar-refractivity contribution in [3.8, 4) is 0 Å². The van der Waals surface area contributed by atoms with Crippen molar-refractivity contribution in [2.75, 3.05) is 0 Å². The third-order valence-electron chi connectivity index (χ3n) is 0. The van der Waals surface area contributed by atoms with Crippen LogP contribution in [0, 0.1) is 0 Å². The van der Waals surface area contributed by atoms with Crippen LogP contribution in [0.1, 0.15) is 0 Å². The molecule has 0 aliphatic heterocycles. The van der Waals surface area contributed by atoms with Gasteiger partial charge in [-0.1, -0.05) is 0 Å². The molecule has 4 heavy (non-hydrogen) atoms. The molecule has 0 aromatic heterocycles. The summed E-state index contributed by atoms with van der Waals surface area (Å²) < 4.78 is 0. The van der Waals surface area contributed by atoms with E-state index < -0.39 is 0 Å². The second kappa shape index (κ2) is 15.7. The van der Waals surface area contributed by atoms with Gasteiger partial charge in [0.05, 0.1) is 0 Å². The molecule has 0 N–H and O–H groups in total. The summed E-state index contributed by atoms with van der Waals surface area (Å²) in [4.78, 5) is 0. The molecule has 8 valence electrons. The Labute approximate surface area is 162 Å². The SMILES string of the molecule is [CsH].[KH].[LiH].[NaH]. The van der Waals surface area contributed by atoms with Crippen molar-refractivity contribution in [2.24, 2.45) is 0 Å². The van der Waals surface area contributed by atoms with Crippen LogP contribution < -0.4 is 0 Å². The van der Waals surface area contributed by atoms with Gasteiger partial charge in [-0.3, -0.25) is 0 Å². The Balaban J connectivity index is 0. The number of rotatable bonds is 0. The zero-order chi connectivity index (χ0) is 0. The van der Waals surface area contributed by atoms with E-state index in [1.165, 1.54) is 0 Å². The van der Waals surface area contributed by atoms with Crippen molar-refractivity contribution in [1.29, 1.82) is 0 Å². The van der Waals surface area contributed by atoms with Crippen molar-refractivity contribution >= 4 is 169 Å². The molecule has 0 aliphatic rings. The van der Waals surface area contributed by atoms with Crippen LogP contribution in [-0.2, 0) is 0 Å². The molecule has 0 nitrogen and oxygen atoms in total. The maximum absolute atomic E-state index is 0. The van der Waals surface area contributed by atoms with Crippen LogP contribution in [0.2, 0.25) is 0 Å². The molecule has 0 saturated carbocycles. The normalized spacial score (nSPS) is 0. The first-order valence-electron chi connectivity index (χ1n) is 0. The fourth-order valence-corrected chi connectivity index (χ4v) is 0. The summed E-state index contributed by atoms with van der Waals surface area (Å²) in [5.41, 5.74) is 0. The van der Waals surface area contributed by atoms with E-state index in [2.05, 4.69) is 0 Å². The Hall–Kier alpha value is 5.29. The predicted molar refractivity (Wildman–Crippen MR) is 28.6 cm³/mol. The van der Waals surface area contributed by atoms with Gasteiger partial charge in [-0.25, -0.2) is 0 Å². The van der Waals surface area contributed by atoms with Crippen molar-refractivity contribution in [1.82, 2.24) is 0 Å². The molecule has 0 amide bonds. The summed E-state index contributed by atoms with van der Waals surface area (Å²) in [7, 11) is 0. The quantitative estimate of drug-likeness (QED) is 0.381. The first kappa shape index (κ1) is 22.8. The second-order valence-electron chi connectivity index (χ2n) is 0. The predicted octanol–water partition coefficient (Wildman–Crippen LogP) is -2.59. The first-order valence-corrected chi connectivity index (χ1v) is 0. The summed E-state index contributed by atoms with van der Waals surface area (Å²) >= 11 is 0. The molecule has 0 aromatic carbocycles. The number of hydrogen-bond acceptors (Lipinski definition) is 0. The summed E-state index contributed by atoms with van der Waals surface area (Å²) in [5.74, 6) is 0. The minimum atomic E-state index is 0. The van der Waals surface area contributed by atoms with Crippen molar-refractivity contribution in [2.45, 2.75) is 0 Å². The van der Waals surface area contributed by atoms with Crippen LogP contribution in [0.25, 0.3) is 0 Å². The van der Waals surface area contributed by atoms with Crippen molar-refractivity contribution < 1.29 is 0 Å². The second-order valence-corrected chi connectivity index (χ2v) is 0. The summed E-state index contributed by atoms with van der Waals surface area (Å²) in [6.07, 6.45) is 0. The molecule has 0 aliphatic carbocycles. The van der Waals surface area contributed by atoms with E-state index in [1.54, 1.807) is 0 Å². The van der Waals surface area contributed by atoms with E-state index in [-0.39, 0.29) is 169 Å². The fraction of sp³-hybridized carbons (Fsp3) is 0. The molecule has 0 atom stereocenters. The summed E-state index contributed by atoms with van der Waals surface area (Å²) in [6.45, 7) is 0. The third kappa shape index (κ3) is 10.3. The van der Waals surface area contributed by atoms with Gasteiger partial charge < -0.3 is 0 Å². The molecule has 0 radical (unpaired) electrons. The van der Waals surface area contributed by atoms with Gasteiger partial charge in [0.15, 0.2) is 0 Å². The topological polar surface area (TPSA) is 0 Å². The van der Waals surface area contributed by atoms with E-state index in [4.69, 9.17) is 0 Å². The van der Waals surface area contributed by atoms with E-state index in [0.29, 0.717) is 0 Å². The molecule has 4 heteroatoms. The Kier molecular flexibility index (Phi) is 89.8. The van der Waals surface area contributed by atoms with Gasteiger partial charge in [0, 0.05) is 0 Å². The van der Waals surface area contributed by atoms with Crippen LogP contribution >= 0.6 is 0 Å². The molecular formula is H4CsKLiNa. The molecule has 0 saturated heterocycles. The van der Waals surface area contributed by atoms with E-state index in [1.807, 2.05) is 0 Å². The van der Waals surface area contributed by atoms with Crippen LogP contribution in [0.4, 0.5) is 0 Å². The van der Waals surface area contributed by atoms with Crippen LogP contribution in [0.3, 0.4) is 0 Å². The molecule has 0 rings (SSSR count). The Morgan fingerprint density at radius 2 is 1.00 bits per heavy atom. The van der Waals surface area contributed by atoms with Crippen LogP contribution in [0.5, 0.6) is 0 Å². The van der Waals surface area contributed by atoms with E-state index in [9.17, 15) is 0 Å². The van der Waals surface area contributed by atoms with Gasteiger partial charge in [-0.2, -0.15) is 0 Å². The molecule has 0 unspecified atom stereocenters. The molecule has 0 spiro atoms. The molecule has 0 heterocycles. The van der Waals surface area contributed by atoms with E-state index >= 15 is 0 Å². The summed E-state index contributed by atoms with van der Waals surface area (Å²) in [6, 6.07) is 0. The van der Waals surface area contributed by atoms with Crippen LogP contribution in [-0.4, -0.2) is 169 Å². The standard InChI is InChI=1S/Cs.K.Li.Na.4H. The zero-order valence-electron chi connectivity index (χ0n) is 0. The molecular weight excluding hydrogens is 202 g/mol. The molecule has 0 aromatic rings. The van der Waals surface area contributed by atoms with Crippen molar-refractivity contribution in [3.63, 3.8) is 0 Å². The molecule has 0 fully saturated rings. The van der Waals surface area contributed by atoms with Gasteiger partial charge in [-0.05, 0) is 0 Å². The Morgan fingerprint density at radius 1 is 1.00 bits per heavy atom. The third-order valence-corrected chi connectivity index (χ3v) is 0. The monoisotopic (exact) mass is 206 g/mol. The van der Waals surface area contributed by atoms with Crippen molar-refractivity contribution in [3.05, 3.63) is 0 Å². The van der Waals surface area contributed by atoms with Gasteiger partial charge >= 0.3 is 169 Å². The van der Waals surface area contributed by atoms with Gasteiger partial charge in [-0.15, -0.1) is 0 Å².